The number of pyridine rings is 1. The molecule has 0 amide bonds. The van der Waals surface area contributed by atoms with Gasteiger partial charge in [0, 0.05) is 24.8 Å². The van der Waals surface area contributed by atoms with Crippen molar-refractivity contribution < 1.29 is 15.3 Å². The van der Waals surface area contributed by atoms with Crippen molar-refractivity contribution in [2.24, 2.45) is 5.92 Å². The monoisotopic (exact) mass is 225 g/mol. The minimum Gasteiger partial charge on any atom is -0.396 e. The zero-order chi connectivity index (χ0) is 11.7. The van der Waals surface area contributed by atoms with E-state index < -0.39 is 18.2 Å². The molecule has 1 saturated carbocycles. The van der Waals surface area contributed by atoms with E-state index in [0.717, 1.165) is 0 Å². The molecule has 0 spiro atoms. The van der Waals surface area contributed by atoms with Gasteiger partial charge in [0.05, 0.1) is 12.1 Å². The van der Waals surface area contributed by atoms with Gasteiger partial charge in [-0.15, -0.1) is 0 Å². The zero-order valence-corrected chi connectivity index (χ0v) is 8.73. The first-order valence-corrected chi connectivity index (χ1v) is 5.29. The maximum absolute atomic E-state index is 11.6. The van der Waals surface area contributed by atoms with E-state index in [1.54, 1.807) is 18.3 Å². The standard InChI is InChI=1S/C11H15NO4/c13-6-7-5-8(11(16)10(7)15)12-4-2-1-3-9(12)14/h1-4,7-8,10-11,13,15-16H,5-6H2/t7-,8-,10-,11+/m1/s1. The molecule has 1 aromatic rings. The summed E-state index contributed by atoms with van der Waals surface area (Å²) in [5.41, 5.74) is -0.211. The Morgan fingerprint density at radius 2 is 2.06 bits per heavy atom. The minimum absolute atomic E-state index is 0.184. The summed E-state index contributed by atoms with van der Waals surface area (Å²) in [6, 6.07) is 4.28. The van der Waals surface area contributed by atoms with Crippen LogP contribution in [-0.4, -0.2) is 38.7 Å². The maximum Gasteiger partial charge on any atom is 0.250 e. The van der Waals surface area contributed by atoms with Gasteiger partial charge >= 0.3 is 0 Å². The average molecular weight is 225 g/mol. The van der Waals surface area contributed by atoms with Gasteiger partial charge in [-0.3, -0.25) is 4.79 Å². The van der Waals surface area contributed by atoms with Crippen molar-refractivity contribution in [2.75, 3.05) is 6.61 Å². The maximum atomic E-state index is 11.6. The molecule has 5 nitrogen and oxygen atoms in total. The molecule has 0 aromatic carbocycles. The van der Waals surface area contributed by atoms with E-state index in [0.29, 0.717) is 6.42 Å². The number of aliphatic hydroxyl groups excluding tert-OH is 3. The molecule has 5 heteroatoms. The third-order valence-corrected chi connectivity index (χ3v) is 3.21. The Balaban J connectivity index is 2.30. The highest BCUT2D eigenvalue weighted by Gasteiger charge is 2.42. The normalized spacial score (nSPS) is 34.2. The van der Waals surface area contributed by atoms with E-state index in [9.17, 15) is 15.0 Å². The molecule has 1 aromatic heterocycles. The fourth-order valence-electron chi connectivity index (χ4n) is 2.27. The Bertz CT molecular complexity index is 416. The Kier molecular flexibility index (Phi) is 3.09. The quantitative estimate of drug-likeness (QED) is 0.610. The van der Waals surface area contributed by atoms with Gasteiger partial charge < -0.3 is 19.9 Å². The second-order valence-electron chi connectivity index (χ2n) is 4.17. The molecule has 0 saturated heterocycles. The Morgan fingerprint density at radius 1 is 1.31 bits per heavy atom. The molecule has 1 heterocycles. The van der Waals surface area contributed by atoms with E-state index in [2.05, 4.69) is 0 Å². The third kappa shape index (κ3) is 1.77. The lowest BCUT2D eigenvalue weighted by atomic mass is 10.1. The summed E-state index contributed by atoms with van der Waals surface area (Å²) in [5, 5.41) is 28.5. The van der Waals surface area contributed by atoms with Crippen LogP contribution in [0.3, 0.4) is 0 Å². The Morgan fingerprint density at radius 3 is 2.62 bits per heavy atom. The highest BCUT2D eigenvalue weighted by Crippen LogP contribution is 2.34. The largest absolute Gasteiger partial charge is 0.396 e. The molecular formula is C11H15NO4. The second kappa shape index (κ2) is 4.37. The van der Waals surface area contributed by atoms with Crippen molar-refractivity contribution in [2.45, 2.75) is 24.7 Å². The molecule has 4 atom stereocenters. The third-order valence-electron chi connectivity index (χ3n) is 3.21. The number of hydrogen-bond donors (Lipinski definition) is 3. The first-order chi connectivity index (χ1) is 7.65. The van der Waals surface area contributed by atoms with Crippen LogP contribution in [-0.2, 0) is 0 Å². The summed E-state index contributed by atoms with van der Waals surface area (Å²) in [6.07, 6.45) is 0.0187. The van der Waals surface area contributed by atoms with Crippen LogP contribution in [0.1, 0.15) is 12.5 Å². The predicted molar refractivity (Wildman–Crippen MR) is 56.9 cm³/mol. The number of hydrogen-bond acceptors (Lipinski definition) is 4. The lowest BCUT2D eigenvalue weighted by molar-refractivity contribution is -0.00441. The summed E-state index contributed by atoms with van der Waals surface area (Å²) in [5.74, 6) is -0.368. The fraction of sp³-hybridized carbons (Fsp3) is 0.545. The highest BCUT2D eigenvalue weighted by atomic mass is 16.3. The van der Waals surface area contributed by atoms with Gasteiger partial charge in [-0.1, -0.05) is 6.07 Å². The van der Waals surface area contributed by atoms with Crippen molar-refractivity contribution in [3.63, 3.8) is 0 Å². The van der Waals surface area contributed by atoms with E-state index in [1.807, 2.05) is 0 Å². The van der Waals surface area contributed by atoms with Crippen molar-refractivity contribution >= 4 is 0 Å². The molecule has 0 aliphatic heterocycles. The summed E-state index contributed by atoms with van der Waals surface area (Å²) in [7, 11) is 0. The lowest BCUT2D eigenvalue weighted by Crippen LogP contribution is -2.33. The first kappa shape index (κ1) is 11.3. The number of aliphatic hydroxyl groups is 3. The van der Waals surface area contributed by atoms with Crippen molar-refractivity contribution in [3.05, 3.63) is 34.7 Å². The molecule has 2 rings (SSSR count). The summed E-state index contributed by atoms with van der Waals surface area (Å²) < 4.78 is 1.41. The topological polar surface area (TPSA) is 82.7 Å². The fourth-order valence-corrected chi connectivity index (χ4v) is 2.27. The van der Waals surface area contributed by atoms with Crippen molar-refractivity contribution in [1.29, 1.82) is 0 Å². The van der Waals surface area contributed by atoms with Crippen LogP contribution in [0.5, 0.6) is 0 Å². The van der Waals surface area contributed by atoms with Crippen LogP contribution in [0.15, 0.2) is 29.2 Å². The van der Waals surface area contributed by atoms with E-state index in [-0.39, 0.29) is 18.1 Å². The SMILES string of the molecule is O=c1ccccn1[C@@H]1C[C@H](CO)[C@@H](O)[C@H]1O. The van der Waals surface area contributed by atoms with Gasteiger partial charge in [0.1, 0.15) is 6.10 Å². The van der Waals surface area contributed by atoms with Crippen LogP contribution < -0.4 is 5.56 Å². The molecule has 3 N–H and O–H groups in total. The number of rotatable bonds is 2. The lowest BCUT2D eigenvalue weighted by Gasteiger charge is -2.18. The molecular weight excluding hydrogens is 210 g/mol. The summed E-state index contributed by atoms with van der Waals surface area (Å²) in [4.78, 5) is 11.6. The van der Waals surface area contributed by atoms with Crippen molar-refractivity contribution in [1.82, 2.24) is 4.57 Å². The van der Waals surface area contributed by atoms with E-state index in [4.69, 9.17) is 5.11 Å². The van der Waals surface area contributed by atoms with Gasteiger partial charge in [0.15, 0.2) is 0 Å². The number of nitrogens with zero attached hydrogens (tertiary/aromatic N) is 1. The summed E-state index contributed by atoms with van der Waals surface area (Å²) in [6.45, 7) is -0.184. The Labute approximate surface area is 92.6 Å². The van der Waals surface area contributed by atoms with Gasteiger partial charge in [-0.2, -0.15) is 0 Å². The van der Waals surface area contributed by atoms with Gasteiger partial charge in [0.25, 0.3) is 5.56 Å². The van der Waals surface area contributed by atoms with Crippen LogP contribution in [0.25, 0.3) is 0 Å². The molecule has 1 aliphatic rings. The van der Waals surface area contributed by atoms with Crippen LogP contribution >= 0.6 is 0 Å². The second-order valence-corrected chi connectivity index (χ2v) is 4.17. The summed E-state index contributed by atoms with van der Waals surface area (Å²) >= 11 is 0. The molecule has 1 aliphatic carbocycles. The number of aromatic nitrogens is 1. The van der Waals surface area contributed by atoms with Gasteiger partial charge in [-0.05, 0) is 12.5 Å². The smallest absolute Gasteiger partial charge is 0.250 e. The van der Waals surface area contributed by atoms with Crippen molar-refractivity contribution in [3.8, 4) is 0 Å². The Hall–Kier alpha value is -1.17. The predicted octanol–water partition coefficient (Wildman–Crippen LogP) is -0.877. The molecule has 0 unspecified atom stereocenters. The average Bonchev–Trinajstić information content (AvgIpc) is 2.57. The molecule has 0 bridgehead atoms. The van der Waals surface area contributed by atoms with Gasteiger partial charge in [0.2, 0.25) is 0 Å². The highest BCUT2D eigenvalue weighted by molar-refractivity contribution is 5.01. The van der Waals surface area contributed by atoms with E-state index in [1.165, 1.54) is 10.6 Å². The zero-order valence-electron chi connectivity index (χ0n) is 8.73. The van der Waals surface area contributed by atoms with Crippen LogP contribution in [0, 0.1) is 5.92 Å². The van der Waals surface area contributed by atoms with Crippen LogP contribution in [0.2, 0.25) is 0 Å². The molecule has 16 heavy (non-hydrogen) atoms. The van der Waals surface area contributed by atoms with Crippen LogP contribution in [0.4, 0.5) is 0 Å². The molecule has 0 radical (unpaired) electrons. The molecule has 1 fully saturated rings. The molecule has 88 valence electrons. The minimum atomic E-state index is -1.00. The first-order valence-electron chi connectivity index (χ1n) is 5.29. The van der Waals surface area contributed by atoms with Gasteiger partial charge in [-0.25, -0.2) is 0 Å². The van der Waals surface area contributed by atoms with E-state index >= 15 is 0 Å².